The van der Waals surface area contributed by atoms with Crippen molar-refractivity contribution in [3.05, 3.63) is 95.3 Å². The van der Waals surface area contributed by atoms with E-state index in [1.54, 1.807) is 0 Å². The Hall–Kier alpha value is -3.07. The molecule has 0 saturated carbocycles. The fourth-order valence-electron chi connectivity index (χ4n) is 3.42. The zero-order chi connectivity index (χ0) is 18.6. The maximum atomic E-state index is 6.10. The molecular weight excluding hydrogens is 332 g/mol. The van der Waals surface area contributed by atoms with Gasteiger partial charge in [-0.1, -0.05) is 54.6 Å². The molecule has 0 aliphatic heterocycles. The van der Waals surface area contributed by atoms with Crippen molar-refractivity contribution < 1.29 is 4.74 Å². The third kappa shape index (κ3) is 3.72. The molecule has 0 amide bonds. The molecule has 0 radical (unpaired) electrons. The van der Waals surface area contributed by atoms with Crippen molar-refractivity contribution in [3.63, 3.8) is 0 Å². The van der Waals surface area contributed by atoms with Gasteiger partial charge in [0.15, 0.2) is 0 Å². The van der Waals surface area contributed by atoms with Gasteiger partial charge in [-0.15, -0.1) is 0 Å². The lowest BCUT2D eigenvalue weighted by atomic mass is 10.1. The summed E-state index contributed by atoms with van der Waals surface area (Å²) in [7, 11) is 0. The zero-order valence-electron chi connectivity index (χ0n) is 15.9. The Labute approximate surface area is 160 Å². The van der Waals surface area contributed by atoms with Crippen molar-refractivity contribution >= 4 is 11.0 Å². The number of hydrogen-bond acceptors (Lipinski definition) is 2. The molecular formula is C24H24N2O. The van der Waals surface area contributed by atoms with Gasteiger partial charge in [-0.3, -0.25) is 0 Å². The molecule has 0 N–H and O–H groups in total. The van der Waals surface area contributed by atoms with E-state index in [1.807, 2.05) is 24.3 Å². The number of hydrogen-bond donors (Lipinski definition) is 0. The predicted molar refractivity (Wildman–Crippen MR) is 110 cm³/mol. The molecule has 0 spiro atoms. The highest BCUT2D eigenvalue weighted by atomic mass is 16.5. The van der Waals surface area contributed by atoms with E-state index in [4.69, 9.17) is 9.72 Å². The van der Waals surface area contributed by atoms with Crippen LogP contribution < -0.4 is 4.74 Å². The lowest BCUT2D eigenvalue weighted by Gasteiger charge is -2.13. The van der Waals surface area contributed by atoms with Gasteiger partial charge in [-0.2, -0.15) is 0 Å². The highest BCUT2D eigenvalue weighted by Crippen LogP contribution is 2.22. The Morgan fingerprint density at radius 1 is 0.852 bits per heavy atom. The summed E-state index contributed by atoms with van der Waals surface area (Å²) in [4.78, 5) is 4.87. The first-order chi connectivity index (χ1) is 13.2. The summed E-state index contributed by atoms with van der Waals surface area (Å²) in [5, 5.41) is 0. The van der Waals surface area contributed by atoms with E-state index in [1.165, 1.54) is 16.7 Å². The molecule has 1 heterocycles. The minimum atomic E-state index is 0.617. The SMILES string of the molecule is Cc1cccc(OCCn2c(Cc3ccccc3)nc3ccccc32)c1C. The van der Waals surface area contributed by atoms with Crippen molar-refractivity contribution in [1.29, 1.82) is 0 Å². The summed E-state index contributed by atoms with van der Waals surface area (Å²) < 4.78 is 8.38. The van der Waals surface area contributed by atoms with Crippen LogP contribution in [0.25, 0.3) is 11.0 Å². The summed E-state index contributed by atoms with van der Waals surface area (Å²) in [5.41, 5.74) is 5.93. The standard InChI is InChI=1S/C24H24N2O/c1-18-9-8-14-23(19(18)2)27-16-15-26-22-13-7-6-12-21(22)25-24(26)17-20-10-4-3-5-11-20/h3-14H,15-17H2,1-2H3. The van der Waals surface area contributed by atoms with Crippen molar-refractivity contribution in [2.75, 3.05) is 6.61 Å². The van der Waals surface area contributed by atoms with Gasteiger partial charge >= 0.3 is 0 Å². The Morgan fingerprint density at radius 3 is 2.48 bits per heavy atom. The average molecular weight is 356 g/mol. The highest BCUT2D eigenvalue weighted by molar-refractivity contribution is 5.76. The Kier molecular flexibility index (Phi) is 4.93. The number of aromatic nitrogens is 2. The summed E-state index contributed by atoms with van der Waals surface area (Å²) in [6, 6.07) is 25.0. The molecule has 0 aliphatic carbocycles. The number of ether oxygens (including phenoxy) is 1. The monoisotopic (exact) mass is 356 g/mol. The molecule has 0 saturated heterocycles. The topological polar surface area (TPSA) is 27.1 Å². The van der Waals surface area contributed by atoms with Gasteiger partial charge in [0.1, 0.15) is 18.2 Å². The van der Waals surface area contributed by atoms with E-state index in [-0.39, 0.29) is 0 Å². The van der Waals surface area contributed by atoms with Gasteiger partial charge in [-0.25, -0.2) is 4.98 Å². The molecule has 1 aromatic heterocycles. The van der Waals surface area contributed by atoms with E-state index in [0.29, 0.717) is 6.61 Å². The van der Waals surface area contributed by atoms with E-state index >= 15 is 0 Å². The van der Waals surface area contributed by atoms with Crippen molar-refractivity contribution in [2.24, 2.45) is 0 Å². The fraction of sp³-hybridized carbons (Fsp3) is 0.208. The van der Waals surface area contributed by atoms with Crippen LogP contribution in [-0.2, 0) is 13.0 Å². The van der Waals surface area contributed by atoms with Crippen molar-refractivity contribution in [2.45, 2.75) is 26.8 Å². The second-order valence-electron chi connectivity index (χ2n) is 6.88. The maximum absolute atomic E-state index is 6.10. The van der Waals surface area contributed by atoms with Gasteiger partial charge in [0.2, 0.25) is 0 Å². The Balaban J connectivity index is 1.58. The summed E-state index contributed by atoms with van der Waals surface area (Å²) >= 11 is 0. The van der Waals surface area contributed by atoms with Crippen LogP contribution in [0.2, 0.25) is 0 Å². The maximum Gasteiger partial charge on any atom is 0.122 e. The molecule has 0 atom stereocenters. The van der Waals surface area contributed by atoms with Crippen molar-refractivity contribution in [1.82, 2.24) is 9.55 Å². The van der Waals surface area contributed by atoms with Gasteiger partial charge in [-0.05, 0) is 48.7 Å². The lowest BCUT2D eigenvalue weighted by molar-refractivity contribution is 0.296. The highest BCUT2D eigenvalue weighted by Gasteiger charge is 2.11. The molecule has 0 bridgehead atoms. The first-order valence-electron chi connectivity index (χ1n) is 9.39. The molecule has 3 nitrogen and oxygen atoms in total. The number of para-hydroxylation sites is 2. The molecule has 27 heavy (non-hydrogen) atoms. The zero-order valence-corrected chi connectivity index (χ0v) is 15.9. The third-order valence-electron chi connectivity index (χ3n) is 5.07. The normalized spacial score (nSPS) is 11.0. The van der Waals surface area contributed by atoms with Gasteiger partial charge < -0.3 is 9.30 Å². The molecule has 136 valence electrons. The number of fused-ring (bicyclic) bond motifs is 1. The summed E-state index contributed by atoms with van der Waals surface area (Å²) in [6.07, 6.45) is 0.818. The molecule has 0 unspecified atom stereocenters. The van der Waals surface area contributed by atoms with Crippen LogP contribution in [0.1, 0.15) is 22.5 Å². The number of imidazole rings is 1. The molecule has 3 heteroatoms. The van der Waals surface area contributed by atoms with Gasteiger partial charge in [0.25, 0.3) is 0 Å². The smallest absolute Gasteiger partial charge is 0.122 e. The largest absolute Gasteiger partial charge is 0.491 e. The van der Waals surface area contributed by atoms with Crippen LogP contribution in [0.3, 0.4) is 0 Å². The van der Waals surface area contributed by atoms with Crippen LogP contribution in [0.5, 0.6) is 5.75 Å². The number of aryl methyl sites for hydroxylation is 1. The quantitative estimate of drug-likeness (QED) is 0.467. The fourth-order valence-corrected chi connectivity index (χ4v) is 3.42. The average Bonchev–Trinajstić information content (AvgIpc) is 3.03. The first-order valence-corrected chi connectivity index (χ1v) is 9.39. The number of rotatable bonds is 6. The van der Waals surface area contributed by atoms with Crippen LogP contribution in [0, 0.1) is 13.8 Å². The molecule has 4 aromatic rings. The molecule has 4 rings (SSSR count). The molecule has 0 fully saturated rings. The van der Waals surface area contributed by atoms with Gasteiger partial charge in [0, 0.05) is 6.42 Å². The predicted octanol–water partition coefficient (Wildman–Crippen LogP) is 5.32. The number of nitrogens with zero attached hydrogens (tertiary/aromatic N) is 2. The minimum Gasteiger partial charge on any atom is -0.491 e. The second kappa shape index (κ2) is 7.67. The van der Waals surface area contributed by atoms with E-state index in [9.17, 15) is 0 Å². The Morgan fingerprint density at radius 2 is 1.63 bits per heavy atom. The Bertz CT molecular complexity index is 1050. The summed E-state index contributed by atoms with van der Waals surface area (Å²) in [5.74, 6) is 2.04. The van der Waals surface area contributed by atoms with E-state index in [0.717, 1.165) is 35.6 Å². The third-order valence-corrected chi connectivity index (χ3v) is 5.07. The second-order valence-corrected chi connectivity index (χ2v) is 6.88. The number of benzene rings is 3. The first kappa shape index (κ1) is 17.3. The van der Waals surface area contributed by atoms with Crippen LogP contribution in [0.15, 0.2) is 72.8 Å². The minimum absolute atomic E-state index is 0.617. The van der Waals surface area contributed by atoms with Gasteiger partial charge in [0.05, 0.1) is 17.6 Å². The van der Waals surface area contributed by atoms with Crippen LogP contribution >= 0.6 is 0 Å². The molecule has 0 aliphatic rings. The summed E-state index contributed by atoms with van der Waals surface area (Å²) in [6.45, 7) is 5.62. The molecule has 3 aromatic carbocycles. The van der Waals surface area contributed by atoms with Crippen LogP contribution in [0.4, 0.5) is 0 Å². The van der Waals surface area contributed by atoms with Crippen molar-refractivity contribution in [3.8, 4) is 5.75 Å². The van der Waals surface area contributed by atoms with E-state index in [2.05, 4.69) is 66.9 Å². The van der Waals surface area contributed by atoms with Crippen LogP contribution in [-0.4, -0.2) is 16.2 Å². The van der Waals surface area contributed by atoms with E-state index < -0.39 is 0 Å². The lowest BCUT2D eigenvalue weighted by Crippen LogP contribution is -2.12.